The van der Waals surface area contributed by atoms with E-state index in [1.807, 2.05) is 48.5 Å². The molecule has 0 bridgehead atoms. The maximum atomic E-state index is 12.7. The third kappa shape index (κ3) is 2.56. The number of esters is 1. The highest BCUT2D eigenvalue weighted by atomic mass is 79.9. The summed E-state index contributed by atoms with van der Waals surface area (Å²) in [6.07, 6.45) is 0. The number of halogens is 1. The molecule has 1 aromatic heterocycles. The van der Waals surface area contributed by atoms with E-state index in [2.05, 4.69) is 15.9 Å². The zero-order valence-electron chi connectivity index (χ0n) is 14.0. The van der Waals surface area contributed by atoms with Crippen LogP contribution in [0.5, 0.6) is 5.75 Å². The second-order valence-electron chi connectivity index (χ2n) is 5.82. The maximum absolute atomic E-state index is 12.7. The fourth-order valence-electron chi connectivity index (χ4n) is 3.14. The summed E-state index contributed by atoms with van der Waals surface area (Å²) in [7, 11) is 0. The fraction of sp³-hybridized carbons (Fsp3) is 0.0952. The van der Waals surface area contributed by atoms with Gasteiger partial charge in [0.05, 0.1) is 6.61 Å². The molecule has 1 heterocycles. The van der Waals surface area contributed by atoms with Crippen molar-refractivity contribution in [3.8, 4) is 17.1 Å². The van der Waals surface area contributed by atoms with E-state index < -0.39 is 5.97 Å². The number of carbonyl (C=O) groups is 1. The molecular weight excluding hydrogens is 396 g/mol. The monoisotopic (exact) mass is 410 g/mol. The molecule has 0 fully saturated rings. The number of fused-ring (bicyclic) bond motifs is 3. The van der Waals surface area contributed by atoms with Gasteiger partial charge in [-0.1, -0.05) is 58.4 Å². The van der Waals surface area contributed by atoms with Crippen molar-refractivity contribution in [3.05, 3.63) is 64.6 Å². The summed E-state index contributed by atoms with van der Waals surface area (Å²) in [4.78, 5) is 12.7. The summed E-state index contributed by atoms with van der Waals surface area (Å²) in [5, 5.41) is 12.4. The SMILES string of the molecule is CCOC(=O)c1c(-c2ccccc2Br)oc2c1cc(O)c1ccccc12. The fourth-order valence-corrected chi connectivity index (χ4v) is 3.61. The van der Waals surface area contributed by atoms with E-state index in [9.17, 15) is 9.90 Å². The van der Waals surface area contributed by atoms with Crippen LogP contribution in [0.1, 0.15) is 17.3 Å². The Balaban J connectivity index is 2.14. The van der Waals surface area contributed by atoms with Crippen LogP contribution in [0.3, 0.4) is 0 Å². The largest absolute Gasteiger partial charge is 0.507 e. The molecule has 0 radical (unpaired) electrons. The van der Waals surface area contributed by atoms with Crippen LogP contribution < -0.4 is 0 Å². The minimum atomic E-state index is -0.480. The Hall–Kier alpha value is -2.79. The van der Waals surface area contributed by atoms with Gasteiger partial charge in [-0.25, -0.2) is 4.79 Å². The molecule has 0 aliphatic rings. The van der Waals surface area contributed by atoms with Crippen molar-refractivity contribution in [2.75, 3.05) is 6.61 Å². The quantitative estimate of drug-likeness (QED) is 0.427. The van der Waals surface area contributed by atoms with Crippen LogP contribution in [0.15, 0.2) is 63.5 Å². The molecule has 3 aromatic carbocycles. The lowest BCUT2D eigenvalue weighted by Crippen LogP contribution is -2.05. The highest BCUT2D eigenvalue weighted by Crippen LogP contribution is 2.42. The third-order valence-electron chi connectivity index (χ3n) is 4.27. The third-order valence-corrected chi connectivity index (χ3v) is 4.96. The molecule has 0 atom stereocenters. The number of furan rings is 1. The lowest BCUT2D eigenvalue weighted by Gasteiger charge is -2.05. The van der Waals surface area contributed by atoms with Gasteiger partial charge in [0.2, 0.25) is 0 Å². The van der Waals surface area contributed by atoms with E-state index in [-0.39, 0.29) is 12.4 Å². The maximum Gasteiger partial charge on any atom is 0.342 e. The number of benzene rings is 3. The Morgan fingerprint density at radius 1 is 1.08 bits per heavy atom. The van der Waals surface area contributed by atoms with E-state index in [1.165, 1.54) is 0 Å². The molecule has 4 rings (SSSR count). The van der Waals surface area contributed by atoms with Crippen molar-refractivity contribution in [1.82, 2.24) is 0 Å². The Labute approximate surface area is 158 Å². The Bertz CT molecular complexity index is 1140. The molecule has 130 valence electrons. The second-order valence-corrected chi connectivity index (χ2v) is 6.68. The van der Waals surface area contributed by atoms with E-state index >= 15 is 0 Å². The minimum Gasteiger partial charge on any atom is -0.507 e. The first kappa shape index (κ1) is 16.7. The Morgan fingerprint density at radius 3 is 2.50 bits per heavy atom. The number of phenolic OH excluding ortho intramolecular Hbond substituents is 1. The van der Waals surface area contributed by atoms with Crippen molar-refractivity contribution < 1.29 is 19.1 Å². The van der Waals surface area contributed by atoms with Gasteiger partial charge in [0, 0.05) is 26.2 Å². The summed E-state index contributed by atoms with van der Waals surface area (Å²) < 4.78 is 12.2. The summed E-state index contributed by atoms with van der Waals surface area (Å²) in [5.41, 5.74) is 1.61. The highest BCUT2D eigenvalue weighted by molar-refractivity contribution is 9.10. The van der Waals surface area contributed by atoms with Crippen molar-refractivity contribution in [3.63, 3.8) is 0 Å². The summed E-state index contributed by atoms with van der Waals surface area (Å²) >= 11 is 3.52. The van der Waals surface area contributed by atoms with Gasteiger partial charge >= 0.3 is 5.97 Å². The number of carbonyl (C=O) groups excluding carboxylic acids is 1. The predicted molar refractivity (Wildman–Crippen MR) is 104 cm³/mol. The van der Waals surface area contributed by atoms with Crippen LogP contribution in [0.25, 0.3) is 33.1 Å². The van der Waals surface area contributed by atoms with E-state index in [1.54, 1.807) is 13.0 Å². The number of hydrogen-bond acceptors (Lipinski definition) is 4. The van der Waals surface area contributed by atoms with Crippen LogP contribution in [0, 0.1) is 0 Å². The molecule has 0 aliphatic carbocycles. The molecule has 1 N–H and O–H groups in total. The molecule has 0 spiro atoms. The second kappa shape index (κ2) is 6.50. The lowest BCUT2D eigenvalue weighted by atomic mass is 10.0. The Kier molecular flexibility index (Phi) is 4.17. The van der Waals surface area contributed by atoms with E-state index in [4.69, 9.17) is 9.15 Å². The van der Waals surface area contributed by atoms with E-state index in [0.29, 0.717) is 27.7 Å². The van der Waals surface area contributed by atoms with Crippen LogP contribution >= 0.6 is 15.9 Å². The lowest BCUT2D eigenvalue weighted by molar-refractivity contribution is 0.0529. The molecule has 0 unspecified atom stereocenters. The van der Waals surface area contributed by atoms with Crippen LogP contribution in [0.4, 0.5) is 0 Å². The number of phenols is 1. The average molecular weight is 411 g/mol. The van der Waals surface area contributed by atoms with Gasteiger partial charge in [0.15, 0.2) is 5.76 Å². The van der Waals surface area contributed by atoms with Crippen LogP contribution in [-0.2, 0) is 4.74 Å². The standard InChI is InChI=1S/C21H15BrO4/c1-2-25-21(24)18-15-11-17(23)12-7-3-4-8-13(12)19(15)26-20(18)14-9-5-6-10-16(14)22/h3-11,23H,2H2,1H3. The summed E-state index contributed by atoms with van der Waals surface area (Å²) in [5.74, 6) is 0.0338. The smallest absolute Gasteiger partial charge is 0.342 e. The average Bonchev–Trinajstić information content (AvgIpc) is 3.02. The van der Waals surface area contributed by atoms with Crippen LogP contribution in [-0.4, -0.2) is 17.7 Å². The molecular formula is C21H15BrO4. The first-order chi connectivity index (χ1) is 12.6. The van der Waals surface area contributed by atoms with Gasteiger partial charge in [0.1, 0.15) is 16.9 Å². The van der Waals surface area contributed by atoms with Gasteiger partial charge in [-0.15, -0.1) is 0 Å². The zero-order chi connectivity index (χ0) is 18.3. The van der Waals surface area contributed by atoms with Crippen LogP contribution in [0.2, 0.25) is 0 Å². The normalized spacial score (nSPS) is 11.2. The summed E-state index contributed by atoms with van der Waals surface area (Å²) in [6.45, 7) is 2.01. The molecule has 5 heteroatoms. The first-order valence-corrected chi connectivity index (χ1v) is 9.00. The van der Waals surface area contributed by atoms with Gasteiger partial charge in [-0.3, -0.25) is 0 Å². The zero-order valence-corrected chi connectivity index (χ0v) is 15.5. The molecule has 4 nitrogen and oxygen atoms in total. The van der Waals surface area contributed by atoms with Gasteiger partial charge in [-0.2, -0.15) is 0 Å². The number of ether oxygens (including phenoxy) is 1. The molecule has 0 saturated heterocycles. The highest BCUT2D eigenvalue weighted by Gasteiger charge is 2.26. The molecule has 0 amide bonds. The summed E-state index contributed by atoms with van der Waals surface area (Å²) in [6, 6.07) is 16.5. The van der Waals surface area contributed by atoms with Crippen molar-refractivity contribution in [2.45, 2.75) is 6.92 Å². The van der Waals surface area contributed by atoms with E-state index in [0.717, 1.165) is 15.4 Å². The topological polar surface area (TPSA) is 59.7 Å². The molecule has 26 heavy (non-hydrogen) atoms. The predicted octanol–water partition coefficient (Wildman–Crippen LogP) is 5.90. The number of hydrogen-bond donors (Lipinski definition) is 1. The van der Waals surface area contributed by atoms with Gasteiger partial charge in [-0.05, 0) is 19.1 Å². The van der Waals surface area contributed by atoms with Crippen molar-refractivity contribution >= 4 is 43.6 Å². The molecule has 0 aliphatic heterocycles. The molecule has 0 saturated carbocycles. The van der Waals surface area contributed by atoms with Crippen molar-refractivity contribution in [1.29, 1.82) is 0 Å². The first-order valence-electron chi connectivity index (χ1n) is 8.21. The number of aromatic hydroxyl groups is 1. The Morgan fingerprint density at radius 2 is 1.77 bits per heavy atom. The molecule has 4 aromatic rings. The number of rotatable bonds is 3. The van der Waals surface area contributed by atoms with Gasteiger partial charge in [0.25, 0.3) is 0 Å². The van der Waals surface area contributed by atoms with Crippen molar-refractivity contribution in [2.24, 2.45) is 0 Å². The van der Waals surface area contributed by atoms with Gasteiger partial charge < -0.3 is 14.3 Å². The minimum absolute atomic E-state index is 0.0955.